The van der Waals surface area contributed by atoms with Crippen molar-refractivity contribution in [3.63, 3.8) is 0 Å². The minimum Gasteiger partial charge on any atom is -0.273 e. The van der Waals surface area contributed by atoms with Gasteiger partial charge in [0.25, 0.3) is 0 Å². The summed E-state index contributed by atoms with van der Waals surface area (Å²) in [7, 11) is 0. The van der Waals surface area contributed by atoms with E-state index in [-0.39, 0.29) is 5.91 Å². The molecule has 3 nitrogen and oxygen atoms in total. The van der Waals surface area contributed by atoms with Gasteiger partial charge in [0.15, 0.2) is 0 Å². The molecular formula is C13H24N2O. The van der Waals surface area contributed by atoms with Gasteiger partial charge in [-0.3, -0.25) is 4.79 Å². The molecule has 1 N–H and O–H groups in total. The Hall–Kier alpha value is -0.860. The highest BCUT2D eigenvalue weighted by Crippen LogP contribution is 2.20. The highest BCUT2D eigenvalue weighted by atomic mass is 16.2. The van der Waals surface area contributed by atoms with Crippen LogP contribution < -0.4 is 5.43 Å². The zero-order chi connectivity index (χ0) is 11.8. The SMILES string of the molecule is CCCCCC(=O)NN=C1CCCCC1C. The van der Waals surface area contributed by atoms with Crippen molar-refractivity contribution in [2.24, 2.45) is 11.0 Å². The van der Waals surface area contributed by atoms with Crippen molar-refractivity contribution in [2.75, 3.05) is 0 Å². The van der Waals surface area contributed by atoms with Crippen LogP contribution in [0.25, 0.3) is 0 Å². The summed E-state index contributed by atoms with van der Waals surface area (Å²) in [5, 5.41) is 4.26. The first-order chi connectivity index (χ1) is 7.74. The average molecular weight is 224 g/mol. The number of hydrazone groups is 1. The predicted octanol–water partition coefficient (Wildman–Crippen LogP) is 3.25. The summed E-state index contributed by atoms with van der Waals surface area (Å²) in [6.07, 6.45) is 8.64. The second-order valence-electron chi connectivity index (χ2n) is 4.74. The lowest BCUT2D eigenvalue weighted by molar-refractivity contribution is -0.121. The minimum atomic E-state index is 0.0683. The molecular weight excluding hydrogens is 200 g/mol. The van der Waals surface area contributed by atoms with E-state index in [1.165, 1.54) is 25.0 Å². The van der Waals surface area contributed by atoms with Crippen molar-refractivity contribution in [2.45, 2.75) is 65.2 Å². The molecule has 1 aliphatic rings. The van der Waals surface area contributed by atoms with Crippen molar-refractivity contribution >= 4 is 11.6 Å². The standard InChI is InChI=1S/C13H24N2O/c1-3-4-5-10-13(16)15-14-12-9-7-6-8-11(12)2/h11H,3-10H2,1-2H3,(H,15,16). The molecule has 0 aromatic heterocycles. The van der Waals surface area contributed by atoms with Gasteiger partial charge in [-0.1, -0.05) is 33.1 Å². The molecule has 0 heterocycles. The summed E-state index contributed by atoms with van der Waals surface area (Å²) < 4.78 is 0. The number of amides is 1. The Morgan fingerprint density at radius 2 is 2.25 bits per heavy atom. The number of unbranched alkanes of at least 4 members (excludes halogenated alkanes) is 2. The summed E-state index contributed by atoms with van der Waals surface area (Å²) >= 11 is 0. The van der Waals surface area contributed by atoms with Gasteiger partial charge in [-0.2, -0.15) is 5.10 Å². The summed E-state index contributed by atoms with van der Waals surface area (Å²) in [6.45, 7) is 4.34. The zero-order valence-electron chi connectivity index (χ0n) is 10.6. The van der Waals surface area contributed by atoms with Gasteiger partial charge < -0.3 is 0 Å². The van der Waals surface area contributed by atoms with Crippen LogP contribution in [0.3, 0.4) is 0 Å². The van der Waals surface area contributed by atoms with Crippen LogP contribution in [0.2, 0.25) is 0 Å². The van der Waals surface area contributed by atoms with E-state index < -0.39 is 0 Å². The molecule has 1 fully saturated rings. The third-order valence-corrected chi connectivity index (χ3v) is 3.22. The van der Waals surface area contributed by atoms with Gasteiger partial charge in [-0.25, -0.2) is 5.43 Å². The van der Waals surface area contributed by atoms with Crippen molar-refractivity contribution in [3.05, 3.63) is 0 Å². The molecule has 0 radical (unpaired) electrons. The lowest BCUT2D eigenvalue weighted by Gasteiger charge is -2.19. The first kappa shape index (κ1) is 13.2. The number of hydrogen-bond donors (Lipinski definition) is 1. The maximum atomic E-state index is 11.4. The van der Waals surface area contributed by atoms with Crippen LogP contribution in [0.15, 0.2) is 5.10 Å². The molecule has 1 atom stereocenters. The van der Waals surface area contributed by atoms with E-state index in [0.29, 0.717) is 12.3 Å². The second-order valence-corrected chi connectivity index (χ2v) is 4.74. The molecule has 16 heavy (non-hydrogen) atoms. The van der Waals surface area contributed by atoms with Gasteiger partial charge in [0.1, 0.15) is 0 Å². The van der Waals surface area contributed by atoms with E-state index >= 15 is 0 Å². The summed E-state index contributed by atoms with van der Waals surface area (Å²) in [4.78, 5) is 11.4. The Morgan fingerprint density at radius 3 is 2.94 bits per heavy atom. The molecule has 0 spiro atoms. The normalized spacial score (nSPS) is 23.4. The van der Waals surface area contributed by atoms with Crippen LogP contribution in [0.1, 0.15) is 65.2 Å². The third-order valence-electron chi connectivity index (χ3n) is 3.22. The largest absolute Gasteiger partial charge is 0.273 e. The lowest BCUT2D eigenvalue weighted by Crippen LogP contribution is -2.24. The van der Waals surface area contributed by atoms with Gasteiger partial charge in [-0.15, -0.1) is 0 Å². The maximum Gasteiger partial charge on any atom is 0.240 e. The molecule has 1 saturated carbocycles. The molecule has 0 aromatic rings. The number of carbonyl (C=O) groups is 1. The smallest absolute Gasteiger partial charge is 0.240 e. The molecule has 1 aliphatic carbocycles. The fourth-order valence-corrected chi connectivity index (χ4v) is 2.06. The fraction of sp³-hybridized carbons (Fsp3) is 0.846. The van der Waals surface area contributed by atoms with Crippen LogP contribution in [-0.2, 0) is 4.79 Å². The van der Waals surface area contributed by atoms with Gasteiger partial charge in [0.05, 0.1) is 0 Å². The Balaban J connectivity index is 2.25. The van der Waals surface area contributed by atoms with Crippen LogP contribution in [0, 0.1) is 5.92 Å². The molecule has 0 aliphatic heterocycles. The van der Waals surface area contributed by atoms with Crippen LogP contribution in [-0.4, -0.2) is 11.6 Å². The minimum absolute atomic E-state index is 0.0683. The van der Waals surface area contributed by atoms with Gasteiger partial charge >= 0.3 is 0 Å². The van der Waals surface area contributed by atoms with Crippen molar-refractivity contribution in [1.29, 1.82) is 0 Å². The molecule has 92 valence electrons. The summed E-state index contributed by atoms with van der Waals surface area (Å²) in [5.41, 5.74) is 3.87. The Bertz CT molecular complexity index is 248. The number of rotatable bonds is 5. The van der Waals surface area contributed by atoms with Crippen LogP contribution in [0.4, 0.5) is 0 Å². The molecule has 1 rings (SSSR count). The molecule has 3 heteroatoms. The summed E-state index contributed by atoms with van der Waals surface area (Å²) in [6, 6.07) is 0. The Labute approximate surface area is 98.7 Å². The van der Waals surface area contributed by atoms with Crippen molar-refractivity contribution in [3.8, 4) is 0 Å². The number of carbonyl (C=O) groups excluding carboxylic acids is 1. The first-order valence-corrected chi connectivity index (χ1v) is 6.59. The molecule has 0 aromatic carbocycles. The predicted molar refractivity (Wildman–Crippen MR) is 67.4 cm³/mol. The zero-order valence-corrected chi connectivity index (χ0v) is 10.6. The van der Waals surface area contributed by atoms with Gasteiger partial charge in [0.2, 0.25) is 5.91 Å². The highest BCUT2D eigenvalue weighted by Gasteiger charge is 2.15. The second kappa shape index (κ2) is 7.42. The highest BCUT2D eigenvalue weighted by molar-refractivity contribution is 5.88. The van der Waals surface area contributed by atoms with E-state index in [4.69, 9.17) is 0 Å². The topological polar surface area (TPSA) is 41.5 Å². The van der Waals surface area contributed by atoms with Crippen molar-refractivity contribution < 1.29 is 4.79 Å². The van der Waals surface area contributed by atoms with E-state index in [2.05, 4.69) is 24.4 Å². The molecule has 0 bridgehead atoms. The van der Waals surface area contributed by atoms with Crippen LogP contribution >= 0.6 is 0 Å². The maximum absolute atomic E-state index is 11.4. The van der Waals surface area contributed by atoms with Gasteiger partial charge in [-0.05, 0) is 31.6 Å². The molecule has 1 amide bonds. The molecule has 0 saturated heterocycles. The van der Waals surface area contributed by atoms with E-state index in [9.17, 15) is 4.79 Å². The average Bonchev–Trinajstić information content (AvgIpc) is 2.28. The first-order valence-electron chi connectivity index (χ1n) is 6.59. The third kappa shape index (κ3) is 4.77. The van der Waals surface area contributed by atoms with E-state index in [1.54, 1.807) is 0 Å². The van der Waals surface area contributed by atoms with Crippen LogP contribution in [0.5, 0.6) is 0 Å². The summed E-state index contributed by atoms with van der Waals surface area (Å²) in [5.74, 6) is 0.614. The van der Waals surface area contributed by atoms with Crippen molar-refractivity contribution in [1.82, 2.24) is 5.43 Å². The van der Waals surface area contributed by atoms with E-state index in [1.807, 2.05) is 0 Å². The fourth-order valence-electron chi connectivity index (χ4n) is 2.06. The monoisotopic (exact) mass is 224 g/mol. The van der Waals surface area contributed by atoms with E-state index in [0.717, 1.165) is 25.7 Å². The molecule has 1 unspecified atom stereocenters. The number of nitrogens with one attached hydrogen (secondary N) is 1. The van der Waals surface area contributed by atoms with Gasteiger partial charge in [0, 0.05) is 12.1 Å². The quantitative estimate of drug-likeness (QED) is 0.565. The Kier molecular flexibility index (Phi) is 6.12. The number of hydrogen-bond acceptors (Lipinski definition) is 2. The number of nitrogens with zero attached hydrogens (tertiary/aromatic N) is 1. The lowest BCUT2D eigenvalue weighted by atomic mass is 9.89. The Morgan fingerprint density at radius 1 is 1.44 bits per heavy atom.